The summed E-state index contributed by atoms with van der Waals surface area (Å²) >= 11 is 0. The number of carbonyl (C=O) groups excluding carboxylic acids is 1. The van der Waals surface area contributed by atoms with Gasteiger partial charge in [0.1, 0.15) is 5.75 Å². The molecular formula is C31H53NO2. The predicted octanol–water partition coefficient (Wildman–Crippen LogP) is 9.34. The van der Waals surface area contributed by atoms with Gasteiger partial charge in [0.2, 0.25) is 5.91 Å². The quantitative estimate of drug-likeness (QED) is 0.123. The fourth-order valence-corrected chi connectivity index (χ4v) is 4.41. The van der Waals surface area contributed by atoms with Crippen molar-refractivity contribution < 1.29 is 9.90 Å². The molecule has 0 saturated carbocycles. The Labute approximate surface area is 210 Å². The lowest BCUT2D eigenvalue weighted by Gasteiger charge is -2.04. The van der Waals surface area contributed by atoms with Gasteiger partial charge in [0.25, 0.3) is 0 Å². The Kier molecular flexibility index (Phi) is 20.5. The van der Waals surface area contributed by atoms with Crippen LogP contribution in [0.1, 0.15) is 141 Å². The van der Waals surface area contributed by atoms with Crippen molar-refractivity contribution in [3.05, 3.63) is 35.9 Å². The van der Waals surface area contributed by atoms with Gasteiger partial charge >= 0.3 is 0 Å². The van der Waals surface area contributed by atoms with Crippen LogP contribution in [0.4, 0.5) is 0 Å². The first-order valence-corrected chi connectivity index (χ1v) is 14.5. The van der Waals surface area contributed by atoms with Crippen LogP contribution in [0.15, 0.2) is 30.3 Å². The van der Waals surface area contributed by atoms with Gasteiger partial charge in [0, 0.05) is 12.6 Å². The number of phenolic OH excluding ortho intramolecular Hbond substituents is 1. The van der Waals surface area contributed by atoms with E-state index in [0.717, 1.165) is 18.5 Å². The van der Waals surface area contributed by atoms with Crippen LogP contribution in [-0.2, 0) is 4.79 Å². The van der Waals surface area contributed by atoms with Crippen LogP contribution in [0, 0.1) is 0 Å². The van der Waals surface area contributed by atoms with Crippen molar-refractivity contribution in [2.75, 3.05) is 6.54 Å². The Morgan fingerprint density at radius 1 is 0.647 bits per heavy atom. The molecule has 0 heterocycles. The molecular weight excluding hydrogens is 418 g/mol. The Hall–Kier alpha value is -1.77. The lowest BCUT2D eigenvalue weighted by Crippen LogP contribution is -2.21. The molecule has 1 aromatic carbocycles. The minimum absolute atomic E-state index is 0.0501. The van der Waals surface area contributed by atoms with Crippen LogP contribution in [0.2, 0.25) is 0 Å². The number of nitrogens with one attached hydrogen (secondary N) is 1. The number of hydrogen-bond acceptors (Lipinski definition) is 2. The third-order valence-electron chi connectivity index (χ3n) is 6.65. The van der Waals surface area contributed by atoms with Crippen molar-refractivity contribution in [3.63, 3.8) is 0 Å². The summed E-state index contributed by atoms with van der Waals surface area (Å²) in [6, 6.07) is 6.82. The second-order valence-corrected chi connectivity index (χ2v) is 9.93. The van der Waals surface area contributed by atoms with Crippen LogP contribution in [0.25, 0.3) is 6.08 Å². The minimum atomic E-state index is -0.0501. The van der Waals surface area contributed by atoms with Gasteiger partial charge in [-0.1, -0.05) is 141 Å². The zero-order valence-electron chi connectivity index (χ0n) is 22.2. The van der Waals surface area contributed by atoms with E-state index < -0.39 is 0 Å². The maximum Gasteiger partial charge on any atom is 0.243 e. The average Bonchev–Trinajstić information content (AvgIpc) is 2.84. The van der Waals surface area contributed by atoms with E-state index >= 15 is 0 Å². The summed E-state index contributed by atoms with van der Waals surface area (Å²) in [6.07, 6.45) is 31.0. The third kappa shape index (κ3) is 19.7. The van der Waals surface area contributed by atoms with Crippen LogP contribution >= 0.6 is 0 Å². The van der Waals surface area contributed by atoms with E-state index in [2.05, 4.69) is 12.2 Å². The van der Waals surface area contributed by atoms with Crippen molar-refractivity contribution in [1.29, 1.82) is 0 Å². The van der Waals surface area contributed by atoms with Crippen molar-refractivity contribution in [1.82, 2.24) is 5.32 Å². The fraction of sp³-hybridized carbons (Fsp3) is 0.710. The molecule has 0 bridgehead atoms. The maximum atomic E-state index is 11.8. The molecule has 3 nitrogen and oxygen atoms in total. The molecule has 0 aliphatic rings. The molecule has 1 aromatic rings. The fourth-order valence-electron chi connectivity index (χ4n) is 4.41. The first-order valence-electron chi connectivity index (χ1n) is 14.5. The number of rotatable bonds is 23. The molecule has 1 amide bonds. The van der Waals surface area contributed by atoms with Crippen LogP contribution in [-0.4, -0.2) is 17.6 Å². The SMILES string of the molecule is CCCCCCCCCCCCCCCCCCCCCCNC(=O)/C=C/c1ccc(O)cc1. The normalized spacial score (nSPS) is 11.3. The van der Waals surface area contributed by atoms with Gasteiger partial charge in [0.05, 0.1) is 0 Å². The van der Waals surface area contributed by atoms with Crippen molar-refractivity contribution in [2.24, 2.45) is 0 Å². The molecule has 0 aliphatic heterocycles. The molecule has 1 rings (SSSR count). The predicted molar refractivity (Wildman–Crippen MR) is 148 cm³/mol. The molecule has 34 heavy (non-hydrogen) atoms. The second-order valence-electron chi connectivity index (χ2n) is 9.93. The number of carbonyl (C=O) groups is 1. The largest absolute Gasteiger partial charge is 0.508 e. The highest BCUT2D eigenvalue weighted by Gasteiger charge is 1.97. The van der Waals surface area contributed by atoms with Crippen LogP contribution < -0.4 is 5.32 Å². The molecule has 0 spiro atoms. The summed E-state index contributed by atoms with van der Waals surface area (Å²) in [5.74, 6) is 0.187. The maximum absolute atomic E-state index is 11.8. The first-order chi connectivity index (χ1) is 16.7. The molecule has 0 unspecified atom stereocenters. The number of unbranched alkanes of at least 4 members (excludes halogenated alkanes) is 19. The monoisotopic (exact) mass is 471 g/mol. The summed E-state index contributed by atoms with van der Waals surface area (Å²) in [5.41, 5.74) is 0.909. The lowest BCUT2D eigenvalue weighted by molar-refractivity contribution is -0.116. The van der Waals surface area contributed by atoms with E-state index in [0.29, 0.717) is 0 Å². The summed E-state index contributed by atoms with van der Waals surface area (Å²) in [5, 5.41) is 12.2. The summed E-state index contributed by atoms with van der Waals surface area (Å²) in [6.45, 7) is 3.04. The smallest absolute Gasteiger partial charge is 0.243 e. The minimum Gasteiger partial charge on any atom is -0.508 e. The van der Waals surface area contributed by atoms with E-state index in [9.17, 15) is 9.90 Å². The first kappa shape index (κ1) is 30.3. The summed E-state index contributed by atoms with van der Waals surface area (Å²) in [7, 11) is 0. The number of aromatic hydroxyl groups is 1. The van der Waals surface area contributed by atoms with E-state index in [4.69, 9.17) is 0 Å². The Morgan fingerprint density at radius 2 is 1.03 bits per heavy atom. The highest BCUT2D eigenvalue weighted by Crippen LogP contribution is 2.15. The zero-order valence-corrected chi connectivity index (χ0v) is 22.2. The Morgan fingerprint density at radius 3 is 1.44 bits per heavy atom. The number of benzene rings is 1. The van der Waals surface area contributed by atoms with E-state index in [1.165, 1.54) is 122 Å². The molecule has 0 fully saturated rings. The standard InChI is InChI=1S/C31H53NO2/c1-2-3-4-5-6-7-8-9-10-11-12-13-14-15-16-17-18-19-20-21-28-32-31(34)27-24-29-22-25-30(33)26-23-29/h22-27,33H,2-21,28H2,1H3,(H,32,34)/b27-24+. The van der Waals surface area contributed by atoms with E-state index in [1.807, 2.05) is 0 Å². The third-order valence-corrected chi connectivity index (χ3v) is 6.65. The molecule has 2 N–H and O–H groups in total. The van der Waals surface area contributed by atoms with Gasteiger partial charge in [-0.05, 0) is 30.2 Å². The van der Waals surface area contributed by atoms with Gasteiger partial charge in [-0.2, -0.15) is 0 Å². The molecule has 0 atom stereocenters. The van der Waals surface area contributed by atoms with Crippen LogP contribution in [0.3, 0.4) is 0 Å². The molecule has 0 aromatic heterocycles. The zero-order chi connectivity index (χ0) is 24.5. The Bertz CT molecular complexity index is 608. The molecule has 0 aliphatic carbocycles. The molecule has 3 heteroatoms. The molecule has 194 valence electrons. The summed E-state index contributed by atoms with van der Waals surface area (Å²) in [4.78, 5) is 11.8. The van der Waals surface area contributed by atoms with Gasteiger partial charge < -0.3 is 10.4 Å². The number of amides is 1. The summed E-state index contributed by atoms with van der Waals surface area (Å²) < 4.78 is 0. The van der Waals surface area contributed by atoms with Crippen molar-refractivity contribution in [3.8, 4) is 5.75 Å². The topological polar surface area (TPSA) is 49.3 Å². The number of phenols is 1. The van der Waals surface area contributed by atoms with Crippen molar-refractivity contribution >= 4 is 12.0 Å². The van der Waals surface area contributed by atoms with Gasteiger partial charge in [-0.3, -0.25) is 4.79 Å². The molecule has 0 radical (unpaired) electrons. The van der Waals surface area contributed by atoms with E-state index in [-0.39, 0.29) is 11.7 Å². The second kappa shape index (κ2) is 23.0. The highest BCUT2D eigenvalue weighted by molar-refractivity contribution is 5.91. The number of hydrogen-bond donors (Lipinski definition) is 2. The van der Waals surface area contributed by atoms with Gasteiger partial charge in [-0.25, -0.2) is 0 Å². The van der Waals surface area contributed by atoms with Crippen molar-refractivity contribution in [2.45, 2.75) is 135 Å². The Balaban J connectivity index is 1.75. The van der Waals surface area contributed by atoms with Crippen LogP contribution in [0.5, 0.6) is 5.75 Å². The van der Waals surface area contributed by atoms with E-state index in [1.54, 1.807) is 36.4 Å². The average molecular weight is 472 g/mol. The van der Waals surface area contributed by atoms with Gasteiger partial charge in [0.15, 0.2) is 0 Å². The van der Waals surface area contributed by atoms with Gasteiger partial charge in [-0.15, -0.1) is 0 Å². The highest BCUT2D eigenvalue weighted by atomic mass is 16.3. The molecule has 0 saturated heterocycles. The lowest BCUT2D eigenvalue weighted by atomic mass is 10.0.